The summed E-state index contributed by atoms with van der Waals surface area (Å²) in [6.45, 7) is 7.85. The number of fused-ring (bicyclic) bond motifs is 1. The lowest BCUT2D eigenvalue weighted by molar-refractivity contribution is -0.114. The summed E-state index contributed by atoms with van der Waals surface area (Å²) in [5.41, 5.74) is 4.80. The van der Waals surface area contributed by atoms with Gasteiger partial charge in [0, 0.05) is 37.9 Å². The summed E-state index contributed by atoms with van der Waals surface area (Å²) in [6.07, 6.45) is 0.955. The second-order valence-corrected chi connectivity index (χ2v) is 7.46. The molecule has 0 saturated carbocycles. The molecule has 2 N–H and O–H groups in total. The molecule has 1 aliphatic heterocycles. The van der Waals surface area contributed by atoms with Crippen LogP contribution < -0.4 is 15.5 Å². The number of anilines is 2. The Morgan fingerprint density at radius 1 is 1.11 bits per heavy atom. The first-order chi connectivity index (χ1) is 12.9. The van der Waals surface area contributed by atoms with E-state index >= 15 is 0 Å². The number of nitrogens with one attached hydrogen (secondary N) is 2. The molecule has 0 spiro atoms. The van der Waals surface area contributed by atoms with Gasteiger partial charge in [-0.25, -0.2) is 0 Å². The standard InChI is InChI=1S/C22H27N3O2/c1-15(2)13-23-22(27)20-12-19(24-16(3)26)8-9-21(20)25-11-10-17-6-4-5-7-18(17)14-25/h4-9,12,15H,10-11,13-14H2,1-3H3,(H,23,27)(H,24,26). The Morgan fingerprint density at radius 2 is 1.85 bits per heavy atom. The van der Waals surface area contributed by atoms with Crippen LogP contribution >= 0.6 is 0 Å². The topological polar surface area (TPSA) is 61.4 Å². The van der Waals surface area contributed by atoms with Gasteiger partial charge >= 0.3 is 0 Å². The van der Waals surface area contributed by atoms with Gasteiger partial charge in [-0.05, 0) is 41.7 Å². The number of nitrogens with zero attached hydrogens (tertiary/aromatic N) is 1. The van der Waals surface area contributed by atoms with Crippen LogP contribution in [0.4, 0.5) is 11.4 Å². The number of amides is 2. The van der Waals surface area contributed by atoms with Crippen LogP contribution in [-0.2, 0) is 17.8 Å². The molecule has 1 aliphatic rings. The van der Waals surface area contributed by atoms with E-state index in [2.05, 4.69) is 53.6 Å². The molecule has 0 radical (unpaired) electrons. The number of benzene rings is 2. The van der Waals surface area contributed by atoms with Crippen LogP contribution in [0.3, 0.4) is 0 Å². The molecule has 2 aromatic rings. The molecule has 27 heavy (non-hydrogen) atoms. The predicted molar refractivity (Wildman–Crippen MR) is 109 cm³/mol. The zero-order valence-corrected chi connectivity index (χ0v) is 16.2. The Hall–Kier alpha value is -2.82. The molecule has 0 bridgehead atoms. The summed E-state index contributed by atoms with van der Waals surface area (Å²) >= 11 is 0. The summed E-state index contributed by atoms with van der Waals surface area (Å²) in [6, 6.07) is 14.0. The highest BCUT2D eigenvalue weighted by molar-refractivity contribution is 6.02. The van der Waals surface area contributed by atoms with Crippen molar-refractivity contribution < 1.29 is 9.59 Å². The second kappa shape index (κ2) is 8.25. The molecule has 0 atom stereocenters. The molecule has 2 amide bonds. The van der Waals surface area contributed by atoms with Gasteiger partial charge in [-0.15, -0.1) is 0 Å². The number of hydrogen-bond acceptors (Lipinski definition) is 3. The van der Waals surface area contributed by atoms with Crippen molar-refractivity contribution in [1.82, 2.24) is 5.32 Å². The van der Waals surface area contributed by atoms with E-state index in [1.807, 2.05) is 12.1 Å². The predicted octanol–water partition coefficient (Wildman–Crippen LogP) is 3.59. The van der Waals surface area contributed by atoms with Gasteiger partial charge in [0.25, 0.3) is 5.91 Å². The Morgan fingerprint density at radius 3 is 2.56 bits per heavy atom. The van der Waals surface area contributed by atoms with Crippen molar-refractivity contribution in [2.75, 3.05) is 23.3 Å². The van der Waals surface area contributed by atoms with E-state index in [4.69, 9.17) is 0 Å². The number of carbonyl (C=O) groups excluding carboxylic acids is 2. The average molecular weight is 365 g/mol. The maximum Gasteiger partial charge on any atom is 0.253 e. The van der Waals surface area contributed by atoms with E-state index in [1.165, 1.54) is 18.1 Å². The highest BCUT2D eigenvalue weighted by atomic mass is 16.2. The molecule has 5 heteroatoms. The molecule has 5 nitrogen and oxygen atoms in total. The van der Waals surface area contributed by atoms with Crippen molar-refractivity contribution in [2.24, 2.45) is 5.92 Å². The summed E-state index contributed by atoms with van der Waals surface area (Å²) in [7, 11) is 0. The summed E-state index contributed by atoms with van der Waals surface area (Å²) in [4.78, 5) is 26.5. The first-order valence-corrected chi connectivity index (χ1v) is 9.45. The van der Waals surface area contributed by atoms with E-state index in [-0.39, 0.29) is 11.8 Å². The molecular weight excluding hydrogens is 338 g/mol. The lowest BCUT2D eigenvalue weighted by atomic mass is 9.98. The smallest absolute Gasteiger partial charge is 0.253 e. The first-order valence-electron chi connectivity index (χ1n) is 9.45. The maximum absolute atomic E-state index is 12.8. The Kier molecular flexibility index (Phi) is 5.79. The van der Waals surface area contributed by atoms with Crippen molar-refractivity contribution in [3.05, 3.63) is 59.2 Å². The highest BCUT2D eigenvalue weighted by Crippen LogP contribution is 2.29. The average Bonchev–Trinajstić information content (AvgIpc) is 2.65. The summed E-state index contributed by atoms with van der Waals surface area (Å²) in [5.74, 6) is 0.116. The number of rotatable bonds is 5. The molecule has 142 valence electrons. The molecule has 0 aliphatic carbocycles. The quantitative estimate of drug-likeness (QED) is 0.851. The SMILES string of the molecule is CC(=O)Nc1ccc(N2CCc3ccccc3C2)c(C(=O)NCC(C)C)c1. The zero-order valence-electron chi connectivity index (χ0n) is 16.2. The van der Waals surface area contributed by atoms with E-state index in [0.717, 1.165) is 25.2 Å². The van der Waals surface area contributed by atoms with Crippen LogP contribution in [0.25, 0.3) is 0 Å². The van der Waals surface area contributed by atoms with Crippen LogP contribution in [0.1, 0.15) is 42.3 Å². The number of hydrogen-bond donors (Lipinski definition) is 2. The van der Waals surface area contributed by atoms with E-state index in [9.17, 15) is 9.59 Å². The van der Waals surface area contributed by atoms with Crippen molar-refractivity contribution in [2.45, 2.75) is 33.7 Å². The Balaban J connectivity index is 1.91. The minimum atomic E-state index is -0.150. The summed E-state index contributed by atoms with van der Waals surface area (Å²) < 4.78 is 0. The van der Waals surface area contributed by atoms with Gasteiger partial charge in [0.2, 0.25) is 5.91 Å². The lowest BCUT2D eigenvalue weighted by Crippen LogP contribution is -2.34. The lowest BCUT2D eigenvalue weighted by Gasteiger charge is -2.32. The van der Waals surface area contributed by atoms with Gasteiger partial charge in [0.15, 0.2) is 0 Å². The molecule has 3 rings (SSSR count). The fourth-order valence-electron chi connectivity index (χ4n) is 3.37. The largest absolute Gasteiger partial charge is 0.366 e. The van der Waals surface area contributed by atoms with Crippen molar-refractivity contribution in [3.8, 4) is 0 Å². The van der Waals surface area contributed by atoms with Gasteiger partial charge < -0.3 is 15.5 Å². The van der Waals surface area contributed by atoms with Crippen molar-refractivity contribution >= 4 is 23.2 Å². The van der Waals surface area contributed by atoms with Gasteiger partial charge in [-0.1, -0.05) is 38.1 Å². The van der Waals surface area contributed by atoms with Crippen LogP contribution in [0.2, 0.25) is 0 Å². The molecule has 0 saturated heterocycles. The van der Waals surface area contributed by atoms with Crippen molar-refractivity contribution in [1.29, 1.82) is 0 Å². The van der Waals surface area contributed by atoms with E-state index in [1.54, 1.807) is 6.07 Å². The van der Waals surface area contributed by atoms with Crippen LogP contribution in [0.5, 0.6) is 0 Å². The van der Waals surface area contributed by atoms with Crippen LogP contribution in [0, 0.1) is 5.92 Å². The normalized spacial score (nSPS) is 13.3. The third-order valence-corrected chi connectivity index (χ3v) is 4.70. The Labute approximate surface area is 160 Å². The fraction of sp³-hybridized carbons (Fsp3) is 0.364. The fourth-order valence-corrected chi connectivity index (χ4v) is 3.37. The Bertz CT molecular complexity index is 845. The van der Waals surface area contributed by atoms with Gasteiger partial charge in [-0.3, -0.25) is 9.59 Å². The third-order valence-electron chi connectivity index (χ3n) is 4.70. The molecule has 0 unspecified atom stereocenters. The minimum Gasteiger partial charge on any atom is -0.366 e. The van der Waals surface area contributed by atoms with Crippen molar-refractivity contribution in [3.63, 3.8) is 0 Å². The molecule has 2 aromatic carbocycles. The maximum atomic E-state index is 12.8. The van der Waals surface area contributed by atoms with Crippen LogP contribution in [-0.4, -0.2) is 24.9 Å². The number of carbonyl (C=O) groups is 2. The molecule has 1 heterocycles. The van der Waals surface area contributed by atoms with Gasteiger partial charge in [0.05, 0.1) is 5.56 Å². The van der Waals surface area contributed by atoms with Gasteiger partial charge in [-0.2, -0.15) is 0 Å². The second-order valence-electron chi connectivity index (χ2n) is 7.46. The highest BCUT2D eigenvalue weighted by Gasteiger charge is 2.22. The van der Waals surface area contributed by atoms with Crippen LogP contribution in [0.15, 0.2) is 42.5 Å². The monoisotopic (exact) mass is 365 g/mol. The third kappa shape index (κ3) is 4.67. The molecule has 0 aromatic heterocycles. The first kappa shape index (κ1) is 19.0. The van der Waals surface area contributed by atoms with E-state index in [0.29, 0.717) is 23.7 Å². The molecular formula is C22H27N3O2. The van der Waals surface area contributed by atoms with Gasteiger partial charge in [0.1, 0.15) is 0 Å². The summed E-state index contributed by atoms with van der Waals surface area (Å²) in [5, 5.41) is 5.77. The zero-order chi connectivity index (χ0) is 19.4. The van der Waals surface area contributed by atoms with E-state index < -0.39 is 0 Å². The molecule has 0 fully saturated rings. The minimum absolute atomic E-state index is 0.107.